The van der Waals surface area contributed by atoms with Gasteiger partial charge in [-0.3, -0.25) is 0 Å². The zero-order valence-corrected chi connectivity index (χ0v) is 11.2. The van der Waals surface area contributed by atoms with E-state index in [0.29, 0.717) is 31.2 Å². The number of hydrogen-bond donors (Lipinski definition) is 0. The van der Waals surface area contributed by atoms with Crippen molar-refractivity contribution < 1.29 is 9.66 Å². The molecule has 1 atom stereocenters. The summed E-state index contributed by atoms with van der Waals surface area (Å²) in [4.78, 5) is 17.5. The zero-order chi connectivity index (χ0) is 14.1. The van der Waals surface area contributed by atoms with Crippen LogP contribution in [0.5, 0.6) is 0 Å². The number of anilines is 1. The van der Waals surface area contributed by atoms with Crippen LogP contribution in [0.3, 0.4) is 0 Å². The minimum Gasteiger partial charge on any atom is -0.377 e. The third kappa shape index (κ3) is 2.00. The normalized spacial score (nSPS) is 19.4. The van der Waals surface area contributed by atoms with Crippen molar-refractivity contribution in [3.05, 3.63) is 34.5 Å². The van der Waals surface area contributed by atoms with E-state index in [1.165, 1.54) is 4.40 Å². The van der Waals surface area contributed by atoms with Gasteiger partial charge in [-0.25, -0.2) is 0 Å². The standard InChI is InChI=1S/C13H16N4O3/c1-2-10-9-20-8-7-15(10)12-13(17(18)19)16-6-4-3-5-11(16)14-12/h3-6,10H,2,7-9H2,1H3/t10-/m1/s1. The Bertz CT molecular complexity index is 640. The fourth-order valence-electron chi connectivity index (χ4n) is 2.60. The SMILES string of the molecule is CC[C@@H]1COCCN1c1nc2ccccn2c1[N+](=O)[O-]. The van der Waals surface area contributed by atoms with Gasteiger partial charge in [-0.2, -0.15) is 9.38 Å². The maximum atomic E-state index is 11.4. The second kappa shape index (κ2) is 5.09. The van der Waals surface area contributed by atoms with E-state index in [0.717, 1.165) is 6.42 Å². The van der Waals surface area contributed by atoms with Crippen LogP contribution >= 0.6 is 0 Å². The largest absolute Gasteiger partial charge is 0.377 e. The monoisotopic (exact) mass is 276 g/mol. The maximum absolute atomic E-state index is 11.4. The quantitative estimate of drug-likeness (QED) is 0.632. The highest BCUT2D eigenvalue weighted by atomic mass is 16.6. The number of hydrogen-bond acceptors (Lipinski definition) is 5. The topological polar surface area (TPSA) is 72.9 Å². The molecule has 0 spiro atoms. The number of fused-ring (bicyclic) bond motifs is 1. The molecule has 0 unspecified atom stereocenters. The summed E-state index contributed by atoms with van der Waals surface area (Å²) in [6, 6.07) is 5.50. The zero-order valence-electron chi connectivity index (χ0n) is 11.2. The molecule has 0 radical (unpaired) electrons. The van der Waals surface area contributed by atoms with Gasteiger partial charge in [-0.15, -0.1) is 0 Å². The van der Waals surface area contributed by atoms with Crippen molar-refractivity contribution in [3.63, 3.8) is 0 Å². The van der Waals surface area contributed by atoms with E-state index in [2.05, 4.69) is 4.98 Å². The number of imidazole rings is 1. The first-order valence-corrected chi connectivity index (χ1v) is 6.68. The molecule has 0 aromatic carbocycles. The lowest BCUT2D eigenvalue weighted by molar-refractivity contribution is -0.389. The Morgan fingerprint density at radius 1 is 1.55 bits per heavy atom. The highest BCUT2D eigenvalue weighted by Crippen LogP contribution is 2.31. The third-order valence-corrected chi connectivity index (χ3v) is 3.63. The molecular weight excluding hydrogens is 260 g/mol. The van der Waals surface area contributed by atoms with E-state index in [-0.39, 0.29) is 16.8 Å². The van der Waals surface area contributed by atoms with Gasteiger partial charge in [0.25, 0.3) is 0 Å². The van der Waals surface area contributed by atoms with E-state index in [4.69, 9.17) is 4.74 Å². The molecule has 0 aliphatic carbocycles. The van der Waals surface area contributed by atoms with E-state index in [1.54, 1.807) is 18.3 Å². The van der Waals surface area contributed by atoms with Crippen molar-refractivity contribution in [3.8, 4) is 0 Å². The van der Waals surface area contributed by atoms with Gasteiger partial charge in [0.15, 0.2) is 0 Å². The average Bonchev–Trinajstić information content (AvgIpc) is 2.86. The molecule has 1 fully saturated rings. The van der Waals surface area contributed by atoms with Crippen molar-refractivity contribution in [1.82, 2.24) is 9.38 Å². The number of nitro groups is 1. The first kappa shape index (κ1) is 12.9. The van der Waals surface area contributed by atoms with Crippen molar-refractivity contribution in [2.45, 2.75) is 19.4 Å². The van der Waals surface area contributed by atoms with Crippen LogP contribution in [0.4, 0.5) is 11.6 Å². The first-order chi connectivity index (χ1) is 9.72. The molecular formula is C13H16N4O3. The van der Waals surface area contributed by atoms with Crippen LogP contribution in [-0.4, -0.2) is 40.1 Å². The van der Waals surface area contributed by atoms with Gasteiger partial charge in [-0.1, -0.05) is 13.0 Å². The molecule has 0 amide bonds. The maximum Gasteiger partial charge on any atom is 0.372 e. The molecule has 3 heterocycles. The summed E-state index contributed by atoms with van der Waals surface area (Å²) in [6.07, 6.45) is 2.54. The van der Waals surface area contributed by atoms with Crippen LogP contribution in [0, 0.1) is 10.1 Å². The molecule has 106 valence electrons. The van der Waals surface area contributed by atoms with Crippen molar-refractivity contribution in [2.24, 2.45) is 0 Å². The van der Waals surface area contributed by atoms with Gasteiger partial charge < -0.3 is 19.8 Å². The van der Waals surface area contributed by atoms with E-state index in [1.807, 2.05) is 17.9 Å². The number of aromatic nitrogens is 2. The highest BCUT2D eigenvalue weighted by Gasteiger charge is 2.32. The summed E-state index contributed by atoms with van der Waals surface area (Å²) in [7, 11) is 0. The molecule has 7 heteroatoms. The Labute approximate surface area is 115 Å². The lowest BCUT2D eigenvalue weighted by Gasteiger charge is -2.34. The van der Waals surface area contributed by atoms with Crippen LogP contribution in [-0.2, 0) is 4.74 Å². The number of pyridine rings is 1. The molecule has 1 aliphatic rings. The lowest BCUT2D eigenvalue weighted by atomic mass is 10.2. The van der Waals surface area contributed by atoms with Gasteiger partial charge in [0, 0.05) is 12.6 Å². The number of nitrogens with zero attached hydrogens (tertiary/aromatic N) is 4. The minimum absolute atomic E-state index is 0.0287. The molecule has 0 N–H and O–H groups in total. The molecule has 3 rings (SSSR count). The van der Waals surface area contributed by atoms with Gasteiger partial charge >= 0.3 is 5.82 Å². The van der Waals surface area contributed by atoms with Crippen LogP contribution in [0.2, 0.25) is 0 Å². The summed E-state index contributed by atoms with van der Waals surface area (Å²) in [5.74, 6) is 0.470. The lowest BCUT2D eigenvalue weighted by Crippen LogP contribution is -2.45. The van der Waals surface area contributed by atoms with Crippen molar-refractivity contribution >= 4 is 17.3 Å². The smallest absolute Gasteiger partial charge is 0.372 e. The molecule has 7 nitrogen and oxygen atoms in total. The fourth-order valence-corrected chi connectivity index (χ4v) is 2.60. The summed E-state index contributed by atoms with van der Waals surface area (Å²) in [6.45, 7) is 3.83. The van der Waals surface area contributed by atoms with Crippen LogP contribution in [0.25, 0.3) is 5.65 Å². The highest BCUT2D eigenvalue weighted by molar-refractivity contribution is 5.64. The predicted octanol–water partition coefficient (Wildman–Crippen LogP) is 1.86. The van der Waals surface area contributed by atoms with E-state index in [9.17, 15) is 10.1 Å². The molecule has 20 heavy (non-hydrogen) atoms. The number of ether oxygens (including phenoxy) is 1. The van der Waals surface area contributed by atoms with Crippen LogP contribution in [0.15, 0.2) is 24.4 Å². The molecule has 1 saturated heterocycles. The Balaban J connectivity index is 2.14. The van der Waals surface area contributed by atoms with Gasteiger partial charge in [-0.05, 0) is 17.4 Å². The number of morpholine rings is 1. The minimum atomic E-state index is -0.364. The predicted molar refractivity (Wildman–Crippen MR) is 74.1 cm³/mol. The van der Waals surface area contributed by atoms with Gasteiger partial charge in [0.05, 0.1) is 25.5 Å². The van der Waals surface area contributed by atoms with Crippen molar-refractivity contribution in [2.75, 3.05) is 24.7 Å². The summed E-state index contributed by atoms with van der Waals surface area (Å²) in [5, 5.41) is 11.4. The molecule has 2 aromatic rings. The fraction of sp³-hybridized carbons (Fsp3) is 0.462. The molecule has 0 bridgehead atoms. The molecule has 1 aliphatic heterocycles. The van der Waals surface area contributed by atoms with Crippen LogP contribution in [0.1, 0.15) is 13.3 Å². The second-order valence-corrected chi connectivity index (χ2v) is 4.78. The van der Waals surface area contributed by atoms with Crippen LogP contribution < -0.4 is 4.90 Å². The Kier molecular flexibility index (Phi) is 3.27. The Morgan fingerprint density at radius 3 is 3.15 bits per heavy atom. The average molecular weight is 276 g/mol. The third-order valence-electron chi connectivity index (χ3n) is 3.63. The Hall–Kier alpha value is -2.15. The molecule has 0 saturated carbocycles. The summed E-state index contributed by atoms with van der Waals surface area (Å²) in [5.41, 5.74) is 0.593. The summed E-state index contributed by atoms with van der Waals surface area (Å²) >= 11 is 0. The van der Waals surface area contributed by atoms with E-state index >= 15 is 0 Å². The van der Waals surface area contributed by atoms with Crippen molar-refractivity contribution in [1.29, 1.82) is 0 Å². The summed E-state index contributed by atoms with van der Waals surface area (Å²) < 4.78 is 6.98. The first-order valence-electron chi connectivity index (χ1n) is 6.68. The number of rotatable bonds is 3. The van der Waals surface area contributed by atoms with Gasteiger partial charge in [0.1, 0.15) is 0 Å². The van der Waals surface area contributed by atoms with Gasteiger partial charge in [0.2, 0.25) is 11.5 Å². The molecule has 2 aromatic heterocycles. The van der Waals surface area contributed by atoms with E-state index < -0.39 is 0 Å². The second-order valence-electron chi connectivity index (χ2n) is 4.78. The Morgan fingerprint density at radius 2 is 2.40 bits per heavy atom.